The van der Waals surface area contributed by atoms with E-state index in [1.807, 2.05) is 6.92 Å². The molecule has 33 heavy (non-hydrogen) atoms. The Hall–Kier alpha value is -3.79. The van der Waals surface area contributed by atoms with E-state index in [0.717, 1.165) is 0 Å². The van der Waals surface area contributed by atoms with Gasteiger partial charge in [-0.3, -0.25) is 0 Å². The minimum absolute atomic E-state index is 0.131. The number of hydrogen-bond acceptors (Lipinski definition) is 9. The zero-order chi connectivity index (χ0) is 23.4. The summed E-state index contributed by atoms with van der Waals surface area (Å²) in [6.07, 6.45) is 0. The molecule has 172 valence electrons. The van der Waals surface area contributed by atoms with Gasteiger partial charge in [-0.1, -0.05) is 5.16 Å². The lowest BCUT2D eigenvalue weighted by atomic mass is 10.2. The molecule has 2 aromatic carbocycles. The lowest BCUT2D eigenvalue weighted by molar-refractivity contribution is 0.311. The van der Waals surface area contributed by atoms with Gasteiger partial charge in [-0.05, 0) is 61.5 Å². The minimum atomic E-state index is -3.60. The Morgan fingerprint density at radius 3 is 2.42 bits per heavy atom. The Morgan fingerprint density at radius 2 is 1.73 bits per heavy atom. The van der Waals surface area contributed by atoms with E-state index in [9.17, 15) is 8.42 Å². The molecule has 2 aromatic heterocycles. The second-order valence-corrected chi connectivity index (χ2v) is 8.91. The highest BCUT2D eigenvalue weighted by molar-refractivity contribution is 7.90. The van der Waals surface area contributed by atoms with Gasteiger partial charge in [-0.25, -0.2) is 8.42 Å². The summed E-state index contributed by atoms with van der Waals surface area (Å²) in [6.45, 7) is 2.40. The van der Waals surface area contributed by atoms with E-state index in [-0.39, 0.29) is 28.1 Å². The first-order chi connectivity index (χ1) is 15.9. The van der Waals surface area contributed by atoms with Crippen molar-refractivity contribution in [2.45, 2.75) is 17.6 Å². The number of furan rings is 1. The first kappa shape index (κ1) is 22.4. The van der Waals surface area contributed by atoms with Crippen molar-refractivity contribution in [3.63, 3.8) is 0 Å². The highest BCUT2D eigenvalue weighted by Crippen LogP contribution is 2.33. The van der Waals surface area contributed by atoms with Gasteiger partial charge in [0.2, 0.25) is 5.82 Å². The van der Waals surface area contributed by atoms with E-state index in [2.05, 4.69) is 10.1 Å². The van der Waals surface area contributed by atoms with Crippen LogP contribution < -0.4 is 14.2 Å². The second kappa shape index (κ2) is 9.37. The summed E-state index contributed by atoms with van der Waals surface area (Å²) in [5.41, 5.74) is 0.666. The van der Waals surface area contributed by atoms with Crippen LogP contribution in [0.1, 0.15) is 12.7 Å². The van der Waals surface area contributed by atoms with Crippen molar-refractivity contribution < 1.29 is 31.6 Å². The molecule has 4 aromatic rings. The summed E-state index contributed by atoms with van der Waals surface area (Å²) >= 11 is 0. The lowest BCUT2D eigenvalue weighted by Crippen LogP contribution is -2.04. The van der Waals surface area contributed by atoms with Crippen LogP contribution in [-0.4, -0.2) is 39.4 Å². The fourth-order valence-corrected chi connectivity index (χ4v) is 4.39. The molecule has 0 radical (unpaired) electrons. The summed E-state index contributed by atoms with van der Waals surface area (Å²) in [6, 6.07) is 14.6. The Bertz CT molecular complexity index is 1340. The van der Waals surface area contributed by atoms with Gasteiger partial charge < -0.3 is 23.2 Å². The second-order valence-electron chi connectivity index (χ2n) is 6.92. The molecule has 0 aliphatic heterocycles. The molecular formula is C23H22N2O7S. The van der Waals surface area contributed by atoms with E-state index in [0.29, 0.717) is 35.2 Å². The van der Waals surface area contributed by atoms with E-state index in [1.54, 1.807) is 49.6 Å². The number of rotatable bonds is 9. The maximum Gasteiger partial charge on any atom is 0.293 e. The van der Waals surface area contributed by atoms with E-state index >= 15 is 0 Å². The summed E-state index contributed by atoms with van der Waals surface area (Å²) in [5, 5.41) is 3.99. The highest BCUT2D eigenvalue weighted by atomic mass is 32.2. The fraction of sp³-hybridized carbons (Fsp3) is 0.217. The van der Waals surface area contributed by atoms with Gasteiger partial charge in [0.05, 0.1) is 25.7 Å². The van der Waals surface area contributed by atoms with E-state index in [4.69, 9.17) is 23.2 Å². The quantitative estimate of drug-likeness (QED) is 0.351. The number of nitrogens with zero attached hydrogens (tertiary/aromatic N) is 2. The molecule has 2 heterocycles. The van der Waals surface area contributed by atoms with Crippen LogP contribution in [0, 0.1) is 0 Å². The SMILES string of the molecule is CCOc1ccc(-c2noc(-c3ccc(CS(=O)(=O)c4ccc(OC)cc4)o3)n2)cc1OC. The Morgan fingerprint density at radius 1 is 0.939 bits per heavy atom. The molecule has 9 nitrogen and oxygen atoms in total. The summed E-state index contributed by atoms with van der Waals surface area (Å²) in [7, 11) is -0.537. The van der Waals surface area contributed by atoms with Gasteiger partial charge >= 0.3 is 0 Å². The van der Waals surface area contributed by atoms with Crippen molar-refractivity contribution >= 4 is 9.84 Å². The van der Waals surface area contributed by atoms with Crippen LogP contribution in [-0.2, 0) is 15.6 Å². The van der Waals surface area contributed by atoms with Crippen LogP contribution in [0.25, 0.3) is 23.0 Å². The molecule has 4 rings (SSSR count). The zero-order valence-electron chi connectivity index (χ0n) is 18.3. The zero-order valence-corrected chi connectivity index (χ0v) is 19.1. The fourth-order valence-electron chi connectivity index (χ4n) is 3.15. The molecule has 0 saturated carbocycles. The first-order valence-corrected chi connectivity index (χ1v) is 11.7. The molecule has 10 heteroatoms. The predicted molar refractivity (Wildman–Crippen MR) is 119 cm³/mol. The minimum Gasteiger partial charge on any atom is -0.497 e. The van der Waals surface area contributed by atoms with Crippen molar-refractivity contribution in [3.8, 4) is 40.3 Å². The molecule has 0 N–H and O–H groups in total. The number of benzene rings is 2. The average molecular weight is 471 g/mol. The molecule has 0 amide bonds. The predicted octanol–water partition coefficient (Wildman–Crippen LogP) is 4.39. The Labute approximate surface area is 190 Å². The molecule has 0 aliphatic carbocycles. The van der Waals surface area contributed by atoms with Crippen LogP contribution in [0.3, 0.4) is 0 Å². The standard InChI is InChI=1S/C23H22N2O7S/c1-4-30-19-11-5-15(13-21(19)29-3)22-24-23(32-25-22)20-12-8-17(31-20)14-33(26,27)18-9-6-16(28-2)7-10-18/h5-13H,4,14H2,1-3H3. The largest absolute Gasteiger partial charge is 0.497 e. The molecular weight excluding hydrogens is 448 g/mol. The Kier molecular flexibility index (Phi) is 6.36. The van der Waals surface area contributed by atoms with E-state index in [1.165, 1.54) is 19.2 Å². The van der Waals surface area contributed by atoms with Crippen molar-refractivity contribution in [2.24, 2.45) is 0 Å². The van der Waals surface area contributed by atoms with Crippen LogP contribution in [0.15, 0.2) is 68.4 Å². The molecule has 0 aliphatic rings. The maximum absolute atomic E-state index is 12.7. The van der Waals surface area contributed by atoms with Gasteiger partial charge in [0.25, 0.3) is 5.89 Å². The van der Waals surface area contributed by atoms with Crippen molar-refractivity contribution in [2.75, 3.05) is 20.8 Å². The summed E-state index contributed by atoms with van der Waals surface area (Å²) < 4.78 is 52.3. The molecule has 0 atom stereocenters. The van der Waals surface area contributed by atoms with Gasteiger partial charge in [0.1, 0.15) is 17.3 Å². The third kappa shape index (κ3) is 4.85. The van der Waals surface area contributed by atoms with Crippen LogP contribution >= 0.6 is 0 Å². The van der Waals surface area contributed by atoms with Gasteiger partial charge in [-0.15, -0.1) is 0 Å². The Balaban J connectivity index is 1.53. The van der Waals surface area contributed by atoms with Crippen molar-refractivity contribution in [3.05, 3.63) is 60.4 Å². The topological polar surface area (TPSA) is 114 Å². The van der Waals surface area contributed by atoms with Crippen LogP contribution in [0.5, 0.6) is 17.2 Å². The molecule has 0 saturated heterocycles. The number of sulfone groups is 1. The number of methoxy groups -OCH3 is 2. The first-order valence-electron chi connectivity index (χ1n) is 10.0. The van der Waals surface area contributed by atoms with Gasteiger partial charge in [-0.2, -0.15) is 4.98 Å². The third-order valence-electron chi connectivity index (χ3n) is 4.77. The normalized spacial score (nSPS) is 11.4. The number of hydrogen-bond donors (Lipinski definition) is 0. The monoisotopic (exact) mass is 470 g/mol. The number of ether oxygens (including phenoxy) is 3. The molecule has 0 fully saturated rings. The maximum atomic E-state index is 12.7. The van der Waals surface area contributed by atoms with Crippen LogP contribution in [0.4, 0.5) is 0 Å². The molecule has 0 unspecified atom stereocenters. The lowest BCUT2D eigenvalue weighted by Gasteiger charge is -2.09. The third-order valence-corrected chi connectivity index (χ3v) is 6.43. The number of aromatic nitrogens is 2. The average Bonchev–Trinajstić information content (AvgIpc) is 3.49. The molecule has 0 spiro atoms. The van der Waals surface area contributed by atoms with Crippen molar-refractivity contribution in [1.29, 1.82) is 0 Å². The highest BCUT2D eigenvalue weighted by Gasteiger charge is 2.20. The van der Waals surface area contributed by atoms with Gasteiger partial charge in [0.15, 0.2) is 27.1 Å². The summed E-state index contributed by atoms with van der Waals surface area (Å²) in [5.74, 6) is 2.41. The van der Waals surface area contributed by atoms with Gasteiger partial charge in [0, 0.05) is 5.56 Å². The molecule has 0 bridgehead atoms. The summed E-state index contributed by atoms with van der Waals surface area (Å²) in [4.78, 5) is 4.53. The van der Waals surface area contributed by atoms with Crippen molar-refractivity contribution in [1.82, 2.24) is 10.1 Å². The smallest absolute Gasteiger partial charge is 0.293 e. The van der Waals surface area contributed by atoms with E-state index < -0.39 is 9.84 Å². The van der Waals surface area contributed by atoms with Crippen LogP contribution in [0.2, 0.25) is 0 Å².